The summed E-state index contributed by atoms with van der Waals surface area (Å²) in [5, 5.41) is 0. The zero-order chi connectivity index (χ0) is 47.7. The van der Waals surface area contributed by atoms with Crippen LogP contribution in [0.3, 0.4) is 0 Å². The molecule has 2 unspecified atom stereocenters. The Balaban J connectivity index is 0.922. The summed E-state index contributed by atoms with van der Waals surface area (Å²) in [6.07, 6.45) is 2.52. The van der Waals surface area contributed by atoms with E-state index in [4.69, 9.17) is 0 Å². The molecule has 0 fully saturated rings. The number of para-hydroxylation sites is 2. The Labute approximate surface area is 414 Å². The molecular formula is C68H58N2. The number of benzene rings is 9. The number of allylic oxidation sites excluding steroid dienone is 1. The van der Waals surface area contributed by atoms with Crippen LogP contribution in [0.2, 0.25) is 0 Å². The van der Waals surface area contributed by atoms with Gasteiger partial charge < -0.3 is 9.80 Å². The SMILES string of the molecule is CC1(C)C2=Cc3ccccc3C(C)(c3ccc(N(c4ccccc4)c4ccc5c(c4)C(C)(C)c4ccccc4-5)cc3)C2c2ccc(N(c3ccccc3)c3ccc4c(c3)C(C)(C)c3ccccc3-4)cc21. The van der Waals surface area contributed by atoms with Crippen molar-refractivity contribution in [2.45, 2.75) is 76.0 Å². The van der Waals surface area contributed by atoms with Gasteiger partial charge in [-0.1, -0.05) is 200 Å². The van der Waals surface area contributed by atoms with Crippen molar-refractivity contribution in [2.24, 2.45) is 0 Å². The molecule has 9 aromatic carbocycles. The van der Waals surface area contributed by atoms with Gasteiger partial charge in [-0.2, -0.15) is 0 Å². The van der Waals surface area contributed by atoms with Crippen LogP contribution in [0.5, 0.6) is 0 Å². The standard InChI is InChI=1S/C68H58N2/c1-65(2)58-28-18-15-25-52(58)54-37-34-49(41-60(54)65)69(46-21-10-8-11-22-46)48-32-30-45(31-33-48)68(7)57-27-17-14-20-44(57)40-63-64(68)56-39-36-51(43-62(56)67(63,5)6)70(47-23-12-9-13-24-47)50-35-38-55-53-26-16-19-29-59(53)66(3,4)61(55)42-50/h8-43,64H,1-7H3. The van der Waals surface area contributed by atoms with Gasteiger partial charge >= 0.3 is 0 Å². The first-order valence-corrected chi connectivity index (χ1v) is 25.1. The molecule has 340 valence electrons. The lowest BCUT2D eigenvalue weighted by atomic mass is 9.59. The topological polar surface area (TPSA) is 6.48 Å². The molecule has 0 aliphatic heterocycles. The van der Waals surface area contributed by atoms with Crippen molar-refractivity contribution in [3.05, 3.63) is 268 Å². The van der Waals surface area contributed by atoms with Crippen LogP contribution in [-0.2, 0) is 21.7 Å². The highest BCUT2D eigenvalue weighted by Crippen LogP contribution is 2.63. The van der Waals surface area contributed by atoms with Gasteiger partial charge in [0.1, 0.15) is 0 Å². The summed E-state index contributed by atoms with van der Waals surface area (Å²) < 4.78 is 0. The molecule has 0 N–H and O–H groups in total. The zero-order valence-electron chi connectivity index (χ0n) is 41.3. The van der Waals surface area contributed by atoms with Crippen molar-refractivity contribution in [2.75, 3.05) is 9.80 Å². The molecule has 2 nitrogen and oxygen atoms in total. The molecule has 0 bridgehead atoms. The highest BCUT2D eigenvalue weighted by Gasteiger charge is 2.53. The van der Waals surface area contributed by atoms with E-state index in [1.165, 1.54) is 95.0 Å². The molecule has 2 heteroatoms. The van der Waals surface area contributed by atoms with Gasteiger partial charge in [0.2, 0.25) is 0 Å². The van der Waals surface area contributed by atoms with Crippen molar-refractivity contribution in [3.63, 3.8) is 0 Å². The van der Waals surface area contributed by atoms with Crippen LogP contribution in [0, 0.1) is 0 Å². The summed E-state index contributed by atoms with van der Waals surface area (Å²) in [7, 11) is 0. The normalized spacial score (nSPS) is 18.8. The number of hydrogen-bond acceptors (Lipinski definition) is 2. The van der Waals surface area contributed by atoms with Gasteiger partial charge in [-0.05, 0) is 145 Å². The Bertz CT molecular complexity index is 3590. The minimum atomic E-state index is -0.343. The van der Waals surface area contributed by atoms with E-state index >= 15 is 0 Å². The average molecular weight is 903 g/mol. The van der Waals surface area contributed by atoms with Crippen LogP contribution >= 0.6 is 0 Å². The summed E-state index contributed by atoms with van der Waals surface area (Å²) in [5.41, 5.74) is 25.3. The summed E-state index contributed by atoms with van der Waals surface area (Å²) >= 11 is 0. The second kappa shape index (κ2) is 15.2. The molecule has 0 saturated carbocycles. The predicted molar refractivity (Wildman–Crippen MR) is 294 cm³/mol. The fraction of sp³-hybridized carbons (Fsp3) is 0.176. The van der Waals surface area contributed by atoms with Gasteiger partial charge in [0.15, 0.2) is 0 Å². The molecule has 70 heavy (non-hydrogen) atoms. The van der Waals surface area contributed by atoms with Gasteiger partial charge in [0.25, 0.3) is 0 Å². The largest absolute Gasteiger partial charge is 0.310 e. The van der Waals surface area contributed by atoms with Crippen molar-refractivity contribution in [1.82, 2.24) is 0 Å². The average Bonchev–Trinajstić information content (AvgIpc) is 3.87. The second-order valence-corrected chi connectivity index (χ2v) is 21.9. The first-order chi connectivity index (χ1) is 33.9. The van der Waals surface area contributed by atoms with Crippen molar-refractivity contribution >= 4 is 40.2 Å². The Morgan fingerprint density at radius 3 is 1.26 bits per heavy atom. The molecular weight excluding hydrogens is 845 g/mol. The van der Waals surface area contributed by atoms with E-state index in [1.54, 1.807) is 0 Å². The molecule has 0 radical (unpaired) electrons. The van der Waals surface area contributed by atoms with Gasteiger partial charge in [-0.15, -0.1) is 0 Å². The summed E-state index contributed by atoms with van der Waals surface area (Å²) in [6.45, 7) is 16.9. The maximum Gasteiger partial charge on any atom is 0.0465 e. The number of nitrogens with zero attached hydrogens (tertiary/aromatic N) is 2. The minimum Gasteiger partial charge on any atom is -0.310 e. The van der Waals surface area contributed by atoms with Crippen LogP contribution in [-0.4, -0.2) is 0 Å². The van der Waals surface area contributed by atoms with Crippen molar-refractivity contribution in [3.8, 4) is 22.3 Å². The molecule has 0 aromatic heterocycles. The van der Waals surface area contributed by atoms with Gasteiger partial charge in [0.05, 0.1) is 0 Å². The molecule has 9 aromatic rings. The van der Waals surface area contributed by atoms with E-state index < -0.39 is 0 Å². The van der Waals surface area contributed by atoms with E-state index in [0.29, 0.717) is 0 Å². The number of rotatable bonds is 7. The Morgan fingerprint density at radius 1 is 0.314 bits per heavy atom. The Hall–Kier alpha value is -7.68. The Kier molecular flexibility index (Phi) is 9.19. The summed E-state index contributed by atoms with van der Waals surface area (Å²) in [6, 6.07) is 79.9. The predicted octanol–water partition coefficient (Wildman–Crippen LogP) is 18.0. The second-order valence-electron chi connectivity index (χ2n) is 21.9. The zero-order valence-corrected chi connectivity index (χ0v) is 41.3. The van der Waals surface area contributed by atoms with Crippen LogP contribution in [0.15, 0.2) is 218 Å². The van der Waals surface area contributed by atoms with Gasteiger partial charge in [-0.3, -0.25) is 0 Å². The lowest BCUT2D eigenvalue weighted by Crippen LogP contribution is -2.36. The van der Waals surface area contributed by atoms with Crippen LogP contribution in [0.4, 0.5) is 34.1 Å². The summed E-state index contributed by atoms with van der Waals surface area (Å²) in [5.74, 6) is 0.141. The molecule has 0 saturated heterocycles. The van der Waals surface area contributed by atoms with Gasteiger partial charge in [0, 0.05) is 61.7 Å². The molecule has 0 heterocycles. The molecule has 0 amide bonds. The smallest absolute Gasteiger partial charge is 0.0465 e. The lowest BCUT2D eigenvalue weighted by molar-refractivity contribution is 0.468. The molecule has 0 spiro atoms. The Morgan fingerprint density at radius 2 is 0.714 bits per heavy atom. The van der Waals surface area contributed by atoms with Gasteiger partial charge in [-0.25, -0.2) is 0 Å². The van der Waals surface area contributed by atoms with E-state index in [2.05, 4.69) is 277 Å². The number of fused-ring (bicyclic) bond motifs is 10. The van der Waals surface area contributed by atoms with Crippen LogP contribution in [0.1, 0.15) is 104 Å². The first-order valence-electron chi connectivity index (χ1n) is 25.1. The molecule has 13 rings (SSSR count). The molecule has 4 aliphatic carbocycles. The lowest BCUT2D eigenvalue weighted by Gasteiger charge is -2.44. The first kappa shape index (κ1) is 42.4. The highest BCUT2D eigenvalue weighted by molar-refractivity contribution is 5.88. The maximum atomic E-state index is 2.52. The van der Waals surface area contributed by atoms with E-state index in [1.807, 2.05) is 0 Å². The van der Waals surface area contributed by atoms with E-state index in [9.17, 15) is 0 Å². The van der Waals surface area contributed by atoms with Crippen LogP contribution in [0.25, 0.3) is 28.3 Å². The monoisotopic (exact) mass is 902 g/mol. The molecule has 2 atom stereocenters. The highest BCUT2D eigenvalue weighted by atomic mass is 15.1. The number of hydrogen-bond donors (Lipinski definition) is 0. The third-order valence-corrected chi connectivity index (χ3v) is 17.1. The molecule has 4 aliphatic rings. The third-order valence-electron chi connectivity index (χ3n) is 17.1. The van der Waals surface area contributed by atoms with Crippen molar-refractivity contribution < 1.29 is 0 Å². The van der Waals surface area contributed by atoms with Crippen LogP contribution < -0.4 is 9.80 Å². The third kappa shape index (κ3) is 5.99. The minimum absolute atomic E-state index is 0.0969. The number of anilines is 6. The summed E-state index contributed by atoms with van der Waals surface area (Å²) in [4.78, 5) is 4.90. The fourth-order valence-electron chi connectivity index (χ4n) is 13.5. The van der Waals surface area contributed by atoms with E-state index in [0.717, 1.165) is 17.1 Å². The van der Waals surface area contributed by atoms with Crippen molar-refractivity contribution in [1.29, 1.82) is 0 Å². The quantitative estimate of drug-likeness (QED) is 0.157. The maximum absolute atomic E-state index is 2.52. The van der Waals surface area contributed by atoms with E-state index in [-0.39, 0.29) is 27.6 Å². The fourth-order valence-corrected chi connectivity index (χ4v) is 13.5.